The highest BCUT2D eigenvalue weighted by Crippen LogP contribution is 2.29. The topological polar surface area (TPSA) is 59.7 Å². The number of hydrogen-bond donors (Lipinski definition) is 0. The Balaban J connectivity index is 1.60. The molecule has 0 N–H and O–H groups in total. The van der Waals surface area contributed by atoms with Gasteiger partial charge in [-0.15, -0.1) is 10.2 Å². The van der Waals surface area contributed by atoms with Crippen LogP contribution in [0.3, 0.4) is 0 Å². The van der Waals surface area contributed by atoms with Gasteiger partial charge < -0.3 is 9.64 Å². The molecular formula is C23H24N4O2S. The Morgan fingerprint density at radius 1 is 1.17 bits per heavy atom. The molecule has 0 saturated carbocycles. The van der Waals surface area contributed by atoms with E-state index in [2.05, 4.69) is 17.1 Å². The maximum Gasteiger partial charge on any atom is 0.233 e. The summed E-state index contributed by atoms with van der Waals surface area (Å²) < 4.78 is 7.39. The summed E-state index contributed by atoms with van der Waals surface area (Å²) in [5.41, 5.74) is 3.96. The van der Waals surface area contributed by atoms with Crippen molar-refractivity contribution in [2.24, 2.45) is 0 Å². The van der Waals surface area contributed by atoms with E-state index in [4.69, 9.17) is 4.74 Å². The van der Waals surface area contributed by atoms with Crippen molar-refractivity contribution in [2.45, 2.75) is 25.0 Å². The Bertz CT molecular complexity index is 1210. The molecule has 30 heavy (non-hydrogen) atoms. The highest BCUT2D eigenvalue weighted by Gasteiger charge is 2.19. The number of rotatable bonds is 6. The first-order chi connectivity index (χ1) is 14.5. The van der Waals surface area contributed by atoms with E-state index < -0.39 is 0 Å². The van der Waals surface area contributed by atoms with Gasteiger partial charge in [0.05, 0.1) is 24.4 Å². The Kier molecular flexibility index (Phi) is 5.63. The van der Waals surface area contributed by atoms with E-state index in [1.165, 1.54) is 11.8 Å². The van der Waals surface area contributed by atoms with Gasteiger partial charge in [0.1, 0.15) is 5.75 Å². The van der Waals surface area contributed by atoms with Gasteiger partial charge in [0.2, 0.25) is 5.91 Å². The SMILES string of the molecule is COc1ccc2c(C)cc3nnc(SCC(=O)N(C)C(C)c4ccccc4)n3c2c1. The lowest BCUT2D eigenvalue weighted by atomic mass is 10.1. The molecule has 0 fully saturated rings. The fourth-order valence-electron chi connectivity index (χ4n) is 3.52. The van der Waals surface area contributed by atoms with Gasteiger partial charge in [-0.3, -0.25) is 9.20 Å². The Hall–Kier alpha value is -3.06. The Labute approximate surface area is 179 Å². The summed E-state index contributed by atoms with van der Waals surface area (Å²) in [5.74, 6) is 1.10. The number of carbonyl (C=O) groups is 1. The molecule has 0 aliphatic carbocycles. The van der Waals surface area contributed by atoms with Crippen molar-refractivity contribution in [2.75, 3.05) is 19.9 Å². The molecular weight excluding hydrogens is 396 g/mol. The third-order valence-electron chi connectivity index (χ3n) is 5.46. The summed E-state index contributed by atoms with van der Waals surface area (Å²) >= 11 is 1.40. The van der Waals surface area contributed by atoms with E-state index in [1.54, 1.807) is 12.0 Å². The molecule has 1 unspecified atom stereocenters. The minimum absolute atomic E-state index is 0.00202. The van der Waals surface area contributed by atoms with Crippen molar-refractivity contribution in [1.82, 2.24) is 19.5 Å². The number of fused-ring (bicyclic) bond motifs is 3. The van der Waals surface area contributed by atoms with Crippen molar-refractivity contribution in [1.29, 1.82) is 0 Å². The number of benzene rings is 2. The van der Waals surface area contributed by atoms with Crippen molar-refractivity contribution in [3.05, 3.63) is 65.7 Å². The lowest BCUT2D eigenvalue weighted by Crippen LogP contribution is -2.31. The minimum Gasteiger partial charge on any atom is -0.497 e. The fraction of sp³-hybridized carbons (Fsp3) is 0.261. The lowest BCUT2D eigenvalue weighted by Gasteiger charge is -2.25. The number of amides is 1. The molecule has 0 bridgehead atoms. The standard InChI is InChI=1S/C23H24N4O2S/c1-15-12-21-24-25-23(27(21)20-13-18(29-4)10-11-19(15)20)30-14-22(28)26(3)16(2)17-8-6-5-7-9-17/h5-13,16H,14H2,1-4H3. The van der Waals surface area contributed by atoms with Gasteiger partial charge in [0, 0.05) is 18.5 Å². The van der Waals surface area contributed by atoms with Gasteiger partial charge in [-0.25, -0.2) is 0 Å². The van der Waals surface area contributed by atoms with E-state index >= 15 is 0 Å². The van der Waals surface area contributed by atoms with Crippen LogP contribution in [0, 0.1) is 6.92 Å². The average Bonchev–Trinajstić information content (AvgIpc) is 3.19. The molecule has 0 saturated heterocycles. The molecule has 0 aliphatic heterocycles. The first-order valence-corrected chi connectivity index (χ1v) is 10.7. The van der Waals surface area contributed by atoms with E-state index in [1.807, 2.05) is 73.0 Å². The third-order valence-corrected chi connectivity index (χ3v) is 6.37. The van der Waals surface area contributed by atoms with Crippen LogP contribution in [0.1, 0.15) is 24.1 Å². The number of nitrogens with zero attached hydrogens (tertiary/aromatic N) is 4. The van der Waals surface area contributed by atoms with Crippen molar-refractivity contribution in [3.8, 4) is 5.75 Å². The van der Waals surface area contributed by atoms with Crippen LogP contribution in [0.2, 0.25) is 0 Å². The van der Waals surface area contributed by atoms with Gasteiger partial charge in [0.15, 0.2) is 10.8 Å². The smallest absolute Gasteiger partial charge is 0.233 e. The van der Waals surface area contributed by atoms with Crippen LogP contribution < -0.4 is 4.74 Å². The van der Waals surface area contributed by atoms with E-state index in [-0.39, 0.29) is 17.7 Å². The molecule has 1 atom stereocenters. The van der Waals surface area contributed by atoms with Gasteiger partial charge in [-0.05, 0) is 43.2 Å². The molecule has 0 spiro atoms. The predicted molar refractivity (Wildman–Crippen MR) is 120 cm³/mol. The molecule has 0 radical (unpaired) electrons. The Morgan fingerprint density at radius 3 is 2.67 bits per heavy atom. The summed E-state index contributed by atoms with van der Waals surface area (Å²) in [5, 5.41) is 10.5. The van der Waals surface area contributed by atoms with Crippen LogP contribution in [-0.4, -0.2) is 45.3 Å². The van der Waals surface area contributed by atoms with E-state index in [9.17, 15) is 4.79 Å². The number of hydrogen-bond acceptors (Lipinski definition) is 5. The molecule has 0 aliphatic rings. The number of carbonyl (C=O) groups excluding carboxylic acids is 1. The average molecular weight is 421 g/mol. The quantitative estimate of drug-likeness (QED) is 0.430. The van der Waals surface area contributed by atoms with E-state index in [0.29, 0.717) is 5.16 Å². The summed E-state index contributed by atoms with van der Waals surface area (Å²) in [6.07, 6.45) is 0. The summed E-state index contributed by atoms with van der Waals surface area (Å²) in [7, 11) is 3.49. The summed E-state index contributed by atoms with van der Waals surface area (Å²) in [4.78, 5) is 14.6. The maximum atomic E-state index is 12.8. The molecule has 2 aromatic heterocycles. The first-order valence-electron chi connectivity index (χ1n) is 9.75. The van der Waals surface area contributed by atoms with Gasteiger partial charge in [0.25, 0.3) is 0 Å². The van der Waals surface area contributed by atoms with Crippen LogP contribution in [0.15, 0.2) is 59.8 Å². The minimum atomic E-state index is 0.00202. The normalized spacial score (nSPS) is 12.3. The third kappa shape index (κ3) is 3.73. The zero-order valence-electron chi connectivity index (χ0n) is 17.5. The lowest BCUT2D eigenvalue weighted by molar-refractivity contribution is -0.128. The maximum absolute atomic E-state index is 12.8. The van der Waals surface area contributed by atoms with Crippen LogP contribution in [0.5, 0.6) is 5.75 Å². The van der Waals surface area contributed by atoms with Crippen LogP contribution in [0.4, 0.5) is 0 Å². The second-order valence-electron chi connectivity index (χ2n) is 7.27. The van der Waals surface area contributed by atoms with Gasteiger partial charge >= 0.3 is 0 Å². The second-order valence-corrected chi connectivity index (χ2v) is 8.21. The number of ether oxygens (including phenoxy) is 1. The summed E-state index contributed by atoms with van der Waals surface area (Å²) in [6, 6.07) is 18.0. The molecule has 1 amide bonds. The number of aromatic nitrogens is 3. The van der Waals surface area contributed by atoms with E-state index in [0.717, 1.165) is 33.4 Å². The van der Waals surface area contributed by atoms with Crippen molar-refractivity contribution >= 4 is 34.2 Å². The molecule has 4 aromatic rings. The van der Waals surface area contributed by atoms with Gasteiger partial charge in [-0.2, -0.15) is 0 Å². The first kappa shape index (κ1) is 20.2. The highest BCUT2D eigenvalue weighted by atomic mass is 32.2. The number of pyridine rings is 1. The summed E-state index contributed by atoms with van der Waals surface area (Å²) in [6.45, 7) is 4.09. The molecule has 154 valence electrons. The largest absolute Gasteiger partial charge is 0.497 e. The molecule has 6 nitrogen and oxygen atoms in total. The predicted octanol–water partition coefficient (Wildman–Crippen LogP) is 4.51. The molecule has 2 aromatic carbocycles. The second kappa shape index (κ2) is 8.36. The zero-order valence-corrected chi connectivity index (χ0v) is 18.3. The number of methoxy groups -OCH3 is 1. The molecule has 4 rings (SSSR count). The van der Waals surface area contributed by atoms with Crippen LogP contribution in [-0.2, 0) is 4.79 Å². The van der Waals surface area contributed by atoms with Crippen LogP contribution >= 0.6 is 11.8 Å². The number of thioether (sulfide) groups is 1. The van der Waals surface area contributed by atoms with Crippen LogP contribution in [0.25, 0.3) is 16.6 Å². The monoisotopic (exact) mass is 420 g/mol. The number of aryl methyl sites for hydroxylation is 1. The van der Waals surface area contributed by atoms with Gasteiger partial charge in [-0.1, -0.05) is 42.1 Å². The molecule has 7 heteroatoms. The van der Waals surface area contributed by atoms with Crippen molar-refractivity contribution < 1.29 is 9.53 Å². The fourth-order valence-corrected chi connectivity index (χ4v) is 4.40. The zero-order chi connectivity index (χ0) is 21.3. The highest BCUT2D eigenvalue weighted by molar-refractivity contribution is 7.99. The molecule has 2 heterocycles. The Morgan fingerprint density at radius 2 is 1.93 bits per heavy atom. The van der Waals surface area contributed by atoms with Crippen molar-refractivity contribution in [3.63, 3.8) is 0 Å².